The van der Waals surface area contributed by atoms with Crippen LogP contribution >= 0.6 is 23.2 Å². The maximum atomic E-state index is 13.0. The van der Waals surface area contributed by atoms with Gasteiger partial charge in [0, 0.05) is 5.02 Å². The first-order valence-corrected chi connectivity index (χ1v) is 7.94. The Labute approximate surface area is 131 Å². The van der Waals surface area contributed by atoms with Crippen molar-refractivity contribution in [2.45, 2.75) is 11.5 Å². The lowest BCUT2D eigenvalue weighted by atomic mass is 10.2. The summed E-state index contributed by atoms with van der Waals surface area (Å²) in [7, 11) is -3.89. The SMILES string of the molecule is O=S(=O)(Nc1ccc(F)c(Cl)c1)c1ccc(Cl)c(CO)c1. The molecule has 4 nitrogen and oxygen atoms in total. The van der Waals surface area contributed by atoms with Gasteiger partial charge < -0.3 is 5.11 Å². The maximum Gasteiger partial charge on any atom is 0.261 e. The van der Waals surface area contributed by atoms with Crippen molar-refractivity contribution >= 4 is 38.9 Å². The van der Waals surface area contributed by atoms with Crippen LogP contribution in [-0.4, -0.2) is 13.5 Å². The first kappa shape index (κ1) is 16.0. The van der Waals surface area contributed by atoms with Crippen LogP contribution in [0.5, 0.6) is 0 Å². The predicted molar refractivity (Wildman–Crippen MR) is 79.6 cm³/mol. The van der Waals surface area contributed by atoms with Crippen LogP contribution in [0.3, 0.4) is 0 Å². The molecule has 0 amide bonds. The number of aliphatic hydroxyl groups is 1. The minimum absolute atomic E-state index is 0.0728. The van der Waals surface area contributed by atoms with Gasteiger partial charge in [-0.1, -0.05) is 23.2 Å². The Morgan fingerprint density at radius 1 is 1.10 bits per heavy atom. The molecule has 0 fully saturated rings. The van der Waals surface area contributed by atoms with Crippen LogP contribution in [-0.2, 0) is 16.6 Å². The largest absolute Gasteiger partial charge is 0.392 e. The molecule has 0 aliphatic heterocycles. The molecule has 2 rings (SSSR count). The molecule has 0 spiro atoms. The van der Waals surface area contributed by atoms with E-state index < -0.39 is 15.8 Å². The van der Waals surface area contributed by atoms with E-state index in [-0.39, 0.29) is 32.8 Å². The van der Waals surface area contributed by atoms with Gasteiger partial charge in [-0.2, -0.15) is 0 Å². The fourth-order valence-electron chi connectivity index (χ4n) is 1.61. The monoisotopic (exact) mass is 349 g/mol. The van der Waals surface area contributed by atoms with Crippen molar-refractivity contribution in [3.63, 3.8) is 0 Å². The third kappa shape index (κ3) is 3.65. The summed E-state index contributed by atoms with van der Waals surface area (Å²) in [4.78, 5) is -0.0728. The topological polar surface area (TPSA) is 66.4 Å². The second-order valence-electron chi connectivity index (χ2n) is 4.15. The van der Waals surface area contributed by atoms with Crippen molar-refractivity contribution < 1.29 is 17.9 Å². The van der Waals surface area contributed by atoms with Crippen LogP contribution in [0.15, 0.2) is 41.3 Å². The van der Waals surface area contributed by atoms with E-state index in [2.05, 4.69) is 4.72 Å². The quantitative estimate of drug-likeness (QED) is 0.888. The zero-order valence-corrected chi connectivity index (χ0v) is 12.8. The van der Waals surface area contributed by atoms with Gasteiger partial charge in [0.1, 0.15) is 5.82 Å². The highest BCUT2D eigenvalue weighted by Crippen LogP contribution is 2.24. The van der Waals surface area contributed by atoms with Crippen molar-refractivity contribution in [2.24, 2.45) is 0 Å². The van der Waals surface area contributed by atoms with Crippen molar-refractivity contribution in [1.82, 2.24) is 0 Å². The third-order valence-corrected chi connectivity index (χ3v) is 4.71. The number of benzene rings is 2. The van der Waals surface area contributed by atoms with E-state index in [1.54, 1.807) is 0 Å². The second-order valence-corrected chi connectivity index (χ2v) is 6.64. The highest BCUT2D eigenvalue weighted by Gasteiger charge is 2.16. The Morgan fingerprint density at radius 3 is 2.43 bits per heavy atom. The lowest BCUT2D eigenvalue weighted by molar-refractivity contribution is 0.281. The van der Waals surface area contributed by atoms with E-state index in [4.69, 9.17) is 28.3 Å². The van der Waals surface area contributed by atoms with E-state index in [1.165, 1.54) is 24.3 Å². The number of halogens is 3. The Hall–Kier alpha value is -1.34. The van der Waals surface area contributed by atoms with E-state index in [0.717, 1.165) is 12.1 Å². The second kappa shape index (κ2) is 6.19. The van der Waals surface area contributed by atoms with Crippen LogP contribution in [0.2, 0.25) is 10.0 Å². The molecule has 2 N–H and O–H groups in total. The molecule has 0 atom stereocenters. The number of aliphatic hydroxyl groups excluding tert-OH is 1. The van der Waals surface area contributed by atoms with E-state index >= 15 is 0 Å². The van der Waals surface area contributed by atoms with Crippen molar-refractivity contribution in [1.29, 1.82) is 0 Å². The smallest absolute Gasteiger partial charge is 0.261 e. The highest BCUT2D eigenvalue weighted by atomic mass is 35.5. The summed E-state index contributed by atoms with van der Waals surface area (Å²) in [5.74, 6) is -0.645. The van der Waals surface area contributed by atoms with Gasteiger partial charge in [0.2, 0.25) is 0 Å². The Bertz CT molecular complexity index is 781. The average molecular weight is 350 g/mol. The Morgan fingerprint density at radius 2 is 1.81 bits per heavy atom. The molecule has 0 unspecified atom stereocenters. The summed E-state index contributed by atoms with van der Waals surface area (Å²) in [6, 6.07) is 7.41. The number of hydrogen-bond donors (Lipinski definition) is 2. The molecule has 8 heteroatoms. The molecule has 0 bridgehead atoms. The van der Waals surface area contributed by atoms with E-state index in [0.29, 0.717) is 0 Å². The van der Waals surface area contributed by atoms with Gasteiger partial charge in [-0.05, 0) is 42.0 Å². The molecule has 2 aromatic carbocycles. The molecular formula is C13H10Cl2FNO3S. The standard InChI is InChI=1S/C13H10Cl2FNO3S/c14-11-3-2-10(5-8(11)7-18)21(19,20)17-9-1-4-13(16)12(15)6-9/h1-6,17-18H,7H2. The Balaban J connectivity index is 2.35. The maximum absolute atomic E-state index is 13.0. The van der Waals surface area contributed by atoms with E-state index in [1.807, 2.05) is 0 Å². The van der Waals surface area contributed by atoms with Crippen LogP contribution in [0.4, 0.5) is 10.1 Å². The molecular weight excluding hydrogens is 340 g/mol. The molecule has 0 aliphatic carbocycles. The molecule has 21 heavy (non-hydrogen) atoms. The lowest BCUT2D eigenvalue weighted by Gasteiger charge is -2.10. The predicted octanol–water partition coefficient (Wildman–Crippen LogP) is 3.43. The van der Waals surface area contributed by atoms with Gasteiger partial charge in [-0.3, -0.25) is 4.72 Å². The first-order chi connectivity index (χ1) is 9.83. The summed E-state index contributed by atoms with van der Waals surface area (Å²) in [5.41, 5.74) is 0.415. The molecule has 0 radical (unpaired) electrons. The molecule has 0 saturated heterocycles. The summed E-state index contributed by atoms with van der Waals surface area (Å²) in [5, 5.41) is 9.18. The average Bonchev–Trinajstić information content (AvgIpc) is 2.43. The van der Waals surface area contributed by atoms with Gasteiger partial charge in [-0.15, -0.1) is 0 Å². The summed E-state index contributed by atoms with van der Waals surface area (Å²) >= 11 is 11.4. The van der Waals surface area contributed by atoms with Crippen LogP contribution in [0.1, 0.15) is 5.56 Å². The Kier molecular flexibility index (Phi) is 4.73. The van der Waals surface area contributed by atoms with Crippen molar-refractivity contribution in [3.05, 3.63) is 57.8 Å². The van der Waals surface area contributed by atoms with Crippen LogP contribution < -0.4 is 4.72 Å². The van der Waals surface area contributed by atoms with E-state index in [9.17, 15) is 12.8 Å². The molecule has 2 aromatic rings. The number of rotatable bonds is 4. The van der Waals surface area contributed by atoms with Gasteiger partial charge in [-0.25, -0.2) is 12.8 Å². The first-order valence-electron chi connectivity index (χ1n) is 5.70. The normalized spacial score (nSPS) is 11.4. The number of sulfonamides is 1. The number of nitrogens with one attached hydrogen (secondary N) is 1. The lowest BCUT2D eigenvalue weighted by Crippen LogP contribution is -2.13. The van der Waals surface area contributed by atoms with Crippen LogP contribution in [0.25, 0.3) is 0 Å². The van der Waals surface area contributed by atoms with Gasteiger partial charge in [0.15, 0.2) is 0 Å². The number of hydrogen-bond acceptors (Lipinski definition) is 3. The van der Waals surface area contributed by atoms with Gasteiger partial charge >= 0.3 is 0 Å². The zero-order valence-electron chi connectivity index (χ0n) is 10.5. The fraction of sp³-hybridized carbons (Fsp3) is 0.0769. The van der Waals surface area contributed by atoms with Crippen LogP contribution in [0, 0.1) is 5.82 Å². The number of anilines is 1. The molecule has 0 heterocycles. The zero-order chi connectivity index (χ0) is 15.6. The third-order valence-electron chi connectivity index (χ3n) is 2.67. The minimum Gasteiger partial charge on any atom is -0.392 e. The molecule has 0 saturated carbocycles. The highest BCUT2D eigenvalue weighted by molar-refractivity contribution is 7.92. The molecule has 0 aromatic heterocycles. The minimum atomic E-state index is -3.89. The molecule has 112 valence electrons. The van der Waals surface area contributed by atoms with Gasteiger partial charge in [0.25, 0.3) is 10.0 Å². The molecule has 0 aliphatic rings. The van der Waals surface area contributed by atoms with Gasteiger partial charge in [0.05, 0.1) is 22.2 Å². The summed E-state index contributed by atoms with van der Waals surface area (Å²) in [6.45, 7) is -0.384. The van der Waals surface area contributed by atoms with Crippen molar-refractivity contribution in [3.8, 4) is 0 Å². The van der Waals surface area contributed by atoms with Crippen molar-refractivity contribution in [2.75, 3.05) is 4.72 Å². The fourth-order valence-corrected chi connectivity index (χ4v) is 3.07. The summed E-state index contributed by atoms with van der Waals surface area (Å²) < 4.78 is 39.7. The summed E-state index contributed by atoms with van der Waals surface area (Å²) in [6.07, 6.45) is 0.